The van der Waals surface area contributed by atoms with E-state index in [0.717, 1.165) is 38.5 Å². The normalized spacial score (nSPS) is 19.3. The van der Waals surface area contributed by atoms with E-state index in [1.54, 1.807) is 0 Å². The van der Waals surface area contributed by atoms with Crippen molar-refractivity contribution in [2.45, 2.75) is 396 Å². The van der Waals surface area contributed by atoms with Crippen molar-refractivity contribution >= 4 is 5.91 Å². The fraction of sp³-hybridized carbons (Fsp3) is 0.901. The third-order valence-corrected chi connectivity index (χ3v) is 17.1. The minimum atomic E-state index is -1.67. The van der Waals surface area contributed by atoms with Crippen molar-refractivity contribution in [1.29, 1.82) is 0 Å². The molecule has 11 heteroatoms. The predicted octanol–water partition coefficient (Wildman–Crippen LogP) is 17.0. The highest BCUT2D eigenvalue weighted by Gasteiger charge is 2.44. The Morgan fingerprint density at radius 3 is 1.09 bits per heavy atom. The van der Waals surface area contributed by atoms with Crippen LogP contribution in [0.25, 0.3) is 0 Å². The molecule has 1 saturated heterocycles. The van der Waals surface area contributed by atoms with E-state index < -0.39 is 74.2 Å². The van der Waals surface area contributed by atoms with Crippen molar-refractivity contribution < 1.29 is 50.0 Å². The molecule has 82 heavy (non-hydrogen) atoms. The van der Waals surface area contributed by atoms with Crippen LogP contribution in [0.4, 0.5) is 0 Å². The van der Waals surface area contributed by atoms with Gasteiger partial charge in [0.15, 0.2) is 6.29 Å². The molecular weight excluding hydrogens is 1030 g/mol. The van der Waals surface area contributed by atoms with Gasteiger partial charge in [0, 0.05) is 0 Å². The molecule has 9 unspecified atom stereocenters. The molecule has 0 radical (unpaired) electrons. The zero-order chi connectivity index (χ0) is 59.6. The van der Waals surface area contributed by atoms with Gasteiger partial charge in [0.2, 0.25) is 5.91 Å². The topological polar surface area (TPSA) is 189 Å². The van der Waals surface area contributed by atoms with Crippen molar-refractivity contribution in [3.05, 3.63) is 36.5 Å². The van der Waals surface area contributed by atoms with Gasteiger partial charge < -0.3 is 50.5 Å². The predicted molar refractivity (Wildman–Crippen MR) is 344 cm³/mol. The highest BCUT2D eigenvalue weighted by molar-refractivity contribution is 5.80. The maximum absolute atomic E-state index is 13.2. The Kier molecular flexibility index (Phi) is 57.0. The van der Waals surface area contributed by atoms with Crippen LogP contribution in [0.1, 0.15) is 341 Å². The number of allylic oxidation sites excluding steroid dienone is 6. The lowest BCUT2D eigenvalue weighted by molar-refractivity contribution is -0.303. The number of nitrogens with one attached hydrogen (secondary N) is 1. The summed E-state index contributed by atoms with van der Waals surface area (Å²) in [6.07, 6.45) is 65.2. The number of hydrogen-bond donors (Lipinski definition) is 8. The molecule has 0 saturated carbocycles. The van der Waals surface area contributed by atoms with Gasteiger partial charge in [0.25, 0.3) is 0 Å². The highest BCUT2D eigenvalue weighted by atomic mass is 16.7. The van der Waals surface area contributed by atoms with Crippen molar-refractivity contribution in [3.63, 3.8) is 0 Å². The Bertz CT molecular complexity index is 1430. The molecule has 8 N–H and O–H groups in total. The van der Waals surface area contributed by atoms with Gasteiger partial charge in [-0.2, -0.15) is 0 Å². The summed E-state index contributed by atoms with van der Waals surface area (Å²) < 4.78 is 11.2. The lowest BCUT2D eigenvalue weighted by Crippen LogP contribution is -2.60. The molecule has 1 aliphatic heterocycles. The average molecular weight is 1160 g/mol. The second kappa shape index (κ2) is 59.7. The summed E-state index contributed by atoms with van der Waals surface area (Å²) in [6.45, 7) is 3.49. The lowest BCUT2D eigenvalue weighted by atomic mass is 9.98. The molecule has 9 atom stereocenters. The first kappa shape index (κ1) is 78.3. The Labute approximate surface area is 505 Å². The minimum absolute atomic E-state index is 0.247. The average Bonchev–Trinajstić information content (AvgIpc) is 3.53. The van der Waals surface area contributed by atoms with Gasteiger partial charge in [-0.25, -0.2) is 0 Å². The second-order valence-electron chi connectivity index (χ2n) is 24.9. The molecule has 1 aliphatic rings. The number of aliphatic hydroxyl groups excluding tert-OH is 7. The van der Waals surface area contributed by atoms with Crippen LogP contribution in [-0.4, -0.2) is 110 Å². The maximum atomic E-state index is 13.2. The number of hydrogen-bond acceptors (Lipinski definition) is 10. The fourth-order valence-electron chi connectivity index (χ4n) is 11.5. The van der Waals surface area contributed by atoms with Gasteiger partial charge in [-0.15, -0.1) is 0 Å². The summed E-state index contributed by atoms with van der Waals surface area (Å²) in [6, 6.07) is -1.19. The van der Waals surface area contributed by atoms with Crippen LogP contribution >= 0.6 is 0 Å². The van der Waals surface area contributed by atoms with E-state index in [1.165, 1.54) is 257 Å². The van der Waals surface area contributed by atoms with E-state index in [-0.39, 0.29) is 12.8 Å². The first-order valence-electron chi connectivity index (χ1n) is 35.4. The molecule has 0 aromatic carbocycles. The monoisotopic (exact) mass is 1160 g/mol. The second-order valence-corrected chi connectivity index (χ2v) is 24.9. The number of rotatable bonds is 62. The van der Waals surface area contributed by atoms with Crippen LogP contribution < -0.4 is 5.32 Å². The van der Waals surface area contributed by atoms with Crippen LogP contribution in [0.3, 0.4) is 0 Å². The Morgan fingerprint density at radius 2 is 0.732 bits per heavy atom. The summed E-state index contributed by atoms with van der Waals surface area (Å²) in [5, 5.41) is 76.5. The Morgan fingerprint density at radius 1 is 0.415 bits per heavy atom. The van der Waals surface area contributed by atoms with E-state index in [1.807, 2.05) is 0 Å². The molecule has 1 heterocycles. The third kappa shape index (κ3) is 46.5. The summed E-state index contributed by atoms with van der Waals surface area (Å²) in [5.41, 5.74) is 0. The minimum Gasteiger partial charge on any atom is -0.394 e. The molecule has 0 spiro atoms. The number of unbranched alkanes of at least 4 members (excludes halogenated alkanes) is 44. The zero-order valence-electron chi connectivity index (χ0n) is 53.5. The fourth-order valence-corrected chi connectivity index (χ4v) is 11.5. The van der Waals surface area contributed by atoms with E-state index in [4.69, 9.17) is 9.47 Å². The van der Waals surface area contributed by atoms with Gasteiger partial charge in [-0.3, -0.25) is 4.79 Å². The summed E-state index contributed by atoms with van der Waals surface area (Å²) >= 11 is 0. The number of carbonyl (C=O) groups excluding carboxylic acids is 1. The Hall–Kier alpha value is -1.67. The first-order valence-corrected chi connectivity index (χ1v) is 35.4. The Balaban J connectivity index is 2.23. The molecule has 0 bridgehead atoms. The molecule has 11 nitrogen and oxygen atoms in total. The molecule has 0 aliphatic carbocycles. The van der Waals surface area contributed by atoms with Gasteiger partial charge in [-0.1, -0.05) is 301 Å². The molecule has 1 amide bonds. The van der Waals surface area contributed by atoms with Crippen LogP contribution in [0.2, 0.25) is 0 Å². The van der Waals surface area contributed by atoms with Crippen molar-refractivity contribution in [3.8, 4) is 0 Å². The van der Waals surface area contributed by atoms with Gasteiger partial charge in [0.1, 0.15) is 36.6 Å². The number of ether oxygens (including phenoxy) is 2. The van der Waals surface area contributed by atoms with Crippen LogP contribution in [0, 0.1) is 0 Å². The molecule has 1 rings (SSSR count). The van der Waals surface area contributed by atoms with E-state index in [2.05, 4.69) is 55.6 Å². The quantitative estimate of drug-likeness (QED) is 0.0215. The summed E-state index contributed by atoms with van der Waals surface area (Å²) in [7, 11) is 0. The van der Waals surface area contributed by atoms with Gasteiger partial charge in [0.05, 0.1) is 25.4 Å². The standard InChI is InChI=1S/C71H135NO10/c1-3-5-7-9-11-13-15-17-19-21-23-25-27-29-31-33-34-36-38-40-42-44-46-48-50-52-54-56-58-63(74)66(76)62(61-81-71-69(79)68(78)67(77)65(60-73)82-71)72-70(80)64(75)59-57-55-53-51-49-47-45-43-41-39-37-35-32-30-28-26-24-22-20-18-16-14-12-10-8-6-4-2/h30,32,42,44,50,52,62-69,71,73-79H,3-29,31,33-41,43,45-49,51,53-61H2,1-2H3,(H,72,80)/b32-30-,44-42+,52-50+. The van der Waals surface area contributed by atoms with Crippen LogP contribution in [0.15, 0.2) is 36.5 Å². The number of carbonyl (C=O) groups is 1. The highest BCUT2D eigenvalue weighted by Crippen LogP contribution is 2.24. The SMILES string of the molecule is CCCCCCCCCCCCCC/C=C\CCCCCCCCCCCCCC(O)C(=O)NC(COC1OC(CO)C(O)C(O)C1O)C(O)C(O)CCC/C=C/CC/C=C/CCCCCCCCCCCCCCCCCCCCC. The summed E-state index contributed by atoms with van der Waals surface area (Å²) in [4.78, 5) is 13.2. The van der Waals surface area contributed by atoms with E-state index >= 15 is 0 Å². The smallest absolute Gasteiger partial charge is 0.249 e. The van der Waals surface area contributed by atoms with Crippen molar-refractivity contribution in [2.24, 2.45) is 0 Å². The first-order chi connectivity index (χ1) is 40.2. The zero-order valence-corrected chi connectivity index (χ0v) is 53.5. The van der Waals surface area contributed by atoms with Crippen molar-refractivity contribution in [1.82, 2.24) is 5.32 Å². The molecule has 484 valence electrons. The maximum Gasteiger partial charge on any atom is 0.249 e. The molecular formula is C71H135NO10. The van der Waals surface area contributed by atoms with Crippen molar-refractivity contribution in [2.75, 3.05) is 13.2 Å². The third-order valence-electron chi connectivity index (χ3n) is 17.1. The largest absolute Gasteiger partial charge is 0.394 e. The van der Waals surface area contributed by atoms with E-state index in [9.17, 15) is 40.5 Å². The number of amides is 1. The van der Waals surface area contributed by atoms with Gasteiger partial charge in [-0.05, 0) is 77.0 Å². The molecule has 1 fully saturated rings. The summed E-state index contributed by atoms with van der Waals surface area (Å²) in [5.74, 6) is -0.706. The van der Waals surface area contributed by atoms with E-state index in [0.29, 0.717) is 19.3 Å². The van der Waals surface area contributed by atoms with Gasteiger partial charge >= 0.3 is 0 Å². The van der Waals surface area contributed by atoms with Crippen LogP contribution in [-0.2, 0) is 14.3 Å². The van der Waals surface area contributed by atoms with Crippen LogP contribution in [0.5, 0.6) is 0 Å². The molecule has 0 aromatic heterocycles. The molecule has 0 aromatic rings. The number of aliphatic hydroxyl groups is 7. The lowest BCUT2D eigenvalue weighted by Gasteiger charge is -2.40.